The number of carbonyl (C=O) groups excluding carboxylic acids is 3. The first-order valence-electron chi connectivity index (χ1n) is 14.3. The Kier molecular flexibility index (Phi) is 7.50. The van der Waals surface area contributed by atoms with E-state index in [2.05, 4.69) is 0 Å². The van der Waals surface area contributed by atoms with E-state index in [-0.39, 0.29) is 36.0 Å². The first-order chi connectivity index (χ1) is 19.7. The van der Waals surface area contributed by atoms with E-state index in [0.29, 0.717) is 18.4 Å². The molecule has 2 aromatic rings. The van der Waals surface area contributed by atoms with E-state index in [1.807, 2.05) is 32.0 Å². The molecule has 0 radical (unpaired) electrons. The van der Waals surface area contributed by atoms with Crippen LogP contribution in [0.15, 0.2) is 45.6 Å². The van der Waals surface area contributed by atoms with Gasteiger partial charge in [-0.2, -0.15) is 0 Å². The van der Waals surface area contributed by atoms with Gasteiger partial charge in [0.15, 0.2) is 0 Å². The summed E-state index contributed by atoms with van der Waals surface area (Å²) in [7, 11) is 0. The molecule has 8 atom stereocenters. The lowest BCUT2D eigenvalue weighted by molar-refractivity contribution is -0.270. The van der Waals surface area contributed by atoms with Gasteiger partial charge in [-0.25, -0.2) is 4.79 Å². The molecule has 42 heavy (non-hydrogen) atoms. The Labute approximate surface area is 244 Å². The second kappa shape index (κ2) is 10.6. The highest BCUT2D eigenvalue weighted by Gasteiger charge is 2.70. The van der Waals surface area contributed by atoms with Crippen molar-refractivity contribution in [2.24, 2.45) is 22.7 Å². The Bertz CT molecular complexity index is 1450. The van der Waals surface area contributed by atoms with Crippen LogP contribution >= 0.6 is 0 Å². The first-order valence-corrected chi connectivity index (χ1v) is 14.3. The van der Waals surface area contributed by atoms with Crippen LogP contribution < -0.4 is 10.4 Å². The third kappa shape index (κ3) is 4.79. The summed E-state index contributed by atoms with van der Waals surface area (Å²) in [4.78, 5) is 49.9. The Morgan fingerprint density at radius 1 is 0.976 bits per heavy atom. The molecule has 2 heterocycles. The van der Waals surface area contributed by atoms with Crippen LogP contribution in [0.4, 0.5) is 0 Å². The fourth-order valence-corrected chi connectivity index (χ4v) is 8.13. The summed E-state index contributed by atoms with van der Waals surface area (Å²) < 4.78 is 29.5. The predicted molar refractivity (Wildman–Crippen MR) is 149 cm³/mol. The summed E-state index contributed by atoms with van der Waals surface area (Å²) >= 11 is 0. The summed E-state index contributed by atoms with van der Waals surface area (Å²) in [6.45, 7) is 9.61. The van der Waals surface area contributed by atoms with E-state index in [1.54, 1.807) is 25.1 Å². The smallest absolute Gasteiger partial charge is 0.345 e. The zero-order valence-electron chi connectivity index (χ0n) is 24.8. The lowest BCUT2D eigenvalue weighted by Gasteiger charge is -2.66. The molecule has 10 heteroatoms. The van der Waals surface area contributed by atoms with Gasteiger partial charge >= 0.3 is 23.5 Å². The average molecular weight is 583 g/mol. The van der Waals surface area contributed by atoms with Gasteiger partial charge in [0.2, 0.25) is 0 Å². The maximum Gasteiger partial charge on any atom is 0.345 e. The fraction of sp³-hybridized carbons (Fsp3) is 0.562. The Morgan fingerprint density at radius 3 is 2.24 bits per heavy atom. The largest absolute Gasteiger partial charge is 0.482 e. The lowest BCUT2D eigenvalue weighted by atomic mass is 9.42. The maximum absolute atomic E-state index is 13.4. The number of rotatable bonds is 5. The highest BCUT2D eigenvalue weighted by Crippen LogP contribution is 2.67. The normalized spacial score (nSPS) is 35.0. The van der Waals surface area contributed by atoms with E-state index in [4.69, 9.17) is 23.4 Å². The second-order valence-corrected chi connectivity index (χ2v) is 12.6. The minimum absolute atomic E-state index is 0.00408. The highest BCUT2D eigenvalue weighted by molar-refractivity contribution is 5.67. The standard InChI is InChI=1S/C32H38O10/c1-17(33)38-16-31(5)23-15-25(40-19(3)35)32(6)28(30(23,4)13-12-24(31)39-18(2)34)27(36)26-22(42-32)14-21(41-29(26)37)20-10-8-7-9-11-20/h7-11,14,23-25,27-28,36H,12-13,15-16H2,1-6H3/t23?,24-,25-,27?,28?,30-,31-,32+/m0/s1. The molecule has 5 rings (SSSR count). The summed E-state index contributed by atoms with van der Waals surface area (Å²) in [5, 5.41) is 12.1. The summed E-state index contributed by atoms with van der Waals surface area (Å²) in [6, 6.07) is 10.7. The number of ether oxygens (including phenoxy) is 4. The van der Waals surface area contributed by atoms with E-state index in [1.165, 1.54) is 20.8 Å². The van der Waals surface area contributed by atoms with Crippen LogP contribution in [0, 0.1) is 22.7 Å². The van der Waals surface area contributed by atoms with Gasteiger partial charge in [-0.1, -0.05) is 44.2 Å². The molecule has 1 N–H and O–H groups in total. The van der Waals surface area contributed by atoms with Crippen molar-refractivity contribution in [3.8, 4) is 17.1 Å². The second-order valence-electron chi connectivity index (χ2n) is 12.6. The van der Waals surface area contributed by atoms with Gasteiger partial charge in [0, 0.05) is 43.7 Å². The molecule has 2 fully saturated rings. The van der Waals surface area contributed by atoms with Crippen molar-refractivity contribution in [1.29, 1.82) is 0 Å². The van der Waals surface area contributed by atoms with Crippen molar-refractivity contribution in [3.05, 3.63) is 52.4 Å². The summed E-state index contributed by atoms with van der Waals surface area (Å²) in [5.74, 6) is -2.12. The van der Waals surface area contributed by atoms with E-state index in [0.717, 1.165) is 0 Å². The predicted octanol–water partition coefficient (Wildman–Crippen LogP) is 4.36. The zero-order chi connectivity index (χ0) is 30.6. The molecule has 0 spiro atoms. The van der Waals surface area contributed by atoms with Crippen LogP contribution in [-0.4, -0.2) is 47.4 Å². The highest BCUT2D eigenvalue weighted by atomic mass is 16.6. The topological polar surface area (TPSA) is 139 Å². The number of aliphatic hydroxyl groups excluding tert-OH is 1. The molecular weight excluding hydrogens is 544 g/mol. The van der Waals surface area contributed by atoms with Crippen LogP contribution in [0.25, 0.3) is 11.3 Å². The van der Waals surface area contributed by atoms with Crippen molar-refractivity contribution in [3.63, 3.8) is 0 Å². The molecule has 1 aliphatic heterocycles. The van der Waals surface area contributed by atoms with Crippen LogP contribution in [0.3, 0.4) is 0 Å². The Balaban J connectivity index is 1.66. The third-order valence-corrected chi connectivity index (χ3v) is 9.84. The molecular formula is C32H38O10. The molecule has 0 saturated heterocycles. The van der Waals surface area contributed by atoms with Crippen LogP contribution in [0.5, 0.6) is 5.75 Å². The molecule has 10 nitrogen and oxygen atoms in total. The maximum atomic E-state index is 13.4. The molecule has 1 aromatic heterocycles. The minimum Gasteiger partial charge on any atom is -0.482 e. The van der Waals surface area contributed by atoms with Gasteiger partial charge in [-0.15, -0.1) is 0 Å². The van der Waals surface area contributed by atoms with Crippen molar-refractivity contribution >= 4 is 17.9 Å². The van der Waals surface area contributed by atoms with Crippen LogP contribution in [0.1, 0.15) is 72.5 Å². The van der Waals surface area contributed by atoms with Gasteiger partial charge in [0.05, 0.1) is 6.10 Å². The van der Waals surface area contributed by atoms with Crippen LogP contribution in [-0.2, 0) is 28.6 Å². The van der Waals surface area contributed by atoms with Crippen LogP contribution in [0.2, 0.25) is 0 Å². The zero-order valence-corrected chi connectivity index (χ0v) is 24.8. The van der Waals surface area contributed by atoms with E-state index in [9.17, 15) is 24.3 Å². The van der Waals surface area contributed by atoms with Crippen molar-refractivity contribution in [1.82, 2.24) is 0 Å². The molecule has 0 amide bonds. The molecule has 226 valence electrons. The molecule has 2 aliphatic carbocycles. The molecule has 3 unspecified atom stereocenters. The van der Waals surface area contributed by atoms with Gasteiger partial charge in [0.25, 0.3) is 0 Å². The van der Waals surface area contributed by atoms with E-state index < -0.39 is 64.2 Å². The Morgan fingerprint density at radius 2 is 1.62 bits per heavy atom. The van der Waals surface area contributed by atoms with Gasteiger partial charge < -0.3 is 28.5 Å². The number of benzene rings is 1. The summed E-state index contributed by atoms with van der Waals surface area (Å²) in [5.41, 5.74) is -2.90. The number of hydrogen-bond donors (Lipinski definition) is 1. The molecule has 2 saturated carbocycles. The number of aliphatic hydroxyl groups is 1. The van der Waals surface area contributed by atoms with Gasteiger partial charge in [0.1, 0.15) is 41.5 Å². The molecule has 3 aliphatic rings. The van der Waals surface area contributed by atoms with Crippen molar-refractivity contribution < 1.29 is 42.9 Å². The number of esters is 3. The van der Waals surface area contributed by atoms with Crippen molar-refractivity contribution in [2.75, 3.05) is 6.61 Å². The monoisotopic (exact) mass is 582 g/mol. The third-order valence-electron chi connectivity index (χ3n) is 9.84. The minimum atomic E-state index is -1.33. The SMILES string of the molecule is CC(=O)OC[C@@]1(C)C2C[C@H](OC(C)=O)[C@@]3(C)Oc4cc(-c5ccccc5)oc(=O)c4C(O)C3[C@@]2(C)CC[C@@H]1OC(C)=O. The van der Waals surface area contributed by atoms with E-state index >= 15 is 0 Å². The fourth-order valence-electron chi connectivity index (χ4n) is 8.13. The number of hydrogen-bond acceptors (Lipinski definition) is 10. The first kappa shape index (κ1) is 29.8. The van der Waals surface area contributed by atoms with Gasteiger partial charge in [-0.3, -0.25) is 14.4 Å². The molecule has 0 bridgehead atoms. The average Bonchev–Trinajstić information content (AvgIpc) is 2.90. The Hall–Kier alpha value is -3.66. The number of carbonyl (C=O) groups is 3. The molecule has 1 aromatic carbocycles. The number of fused-ring (bicyclic) bond motifs is 4. The summed E-state index contributed by atoms with van der Waals surface area (Å²) in [6.07, 6.45) is -1.55. The quantitative estimate of drug-likeness (QED) is 0.400. The van der Waals surface area contributed by atoms with Crippen molar-refractivity contribution in [2.45, 2.75) is 84.7 Å². The van der Waals surface area contributed by atoms with Gasteiger partial charge in [-0.05, 0) is 37.5 Å². The lowest BCUT2D eigenvalue weighted by Crippen LogP contribution is -2.71.